The molecule has 4 aliphatic carbocycles. The van der Waals surface area contributed by atoms with E-state index in [4.69, 9.17) is 14.2 Å². The number of nitrogens with one attached hydrogen (secondary N) is 1. The molecule has 10 atom stereocenters. The Balaban J connectivity index is 1.72. The van der Waals surface area contributed by atoms with Crippen molar-refractivity contribution >= 4 is 29.6 Å². The highest BCUT2D eigenvalue weighted by molar-refractivity contribution is 6.01. The Morgan fingerprint density at radius 3 is 2.39 bits per heavy atom. The molecule has 4 rings (SSSR count). The molecular formula is C37H54FNO10. The van der Waals surface area contributed by atoms with Crippen molar-refractivity contribution in [2.75, 3.05) is 0 Å². The van der Waals surface area contributed by atoms with Gasteiger partial charge < -0.3 is 29.7 Å². The first-order valence-corrected chi connectivity index (χ1v) is 17.5. The first-order chi connectivity index (χ1) is 22.6. The Hall–Kier alpha value is -3.12. The van der Waals surface area contributed by atoms with E-state index in [0.717, 1.165) is 0 Å². The minimum atomic E-state index is -2.41. The van der Waals surface area contributed by atoms with Gasteiger partial charge in [0.1, 0.15) is 11.6 Å². The molecule has 0 spiro atoms. The molecule has 0 bridgehead atoms. The maximum Gasteiger partial charge on any atom is 0.408 e. The molecule has 12 heteroatoms. The highest BCUT2D eigenvalue weighted by atomic mass is 19.1. The van der Waals surface area contributed by atoms with E-state index in [1.807, 2.05) is 6.92 Å². The van der Waals surface area contributed by atoms with Crippen molar-refractivity contribution in [3.05, 3.63) is 23.8 Å². The second-order valence-electron chi connectivity index (χ2n) is 16.2. The van der Waals surface area contributed by atoms with E-state index in [9.17, 15) is 34.2 Å². The van der Waals surface area contributed by atoms with Gasteiger partial charge in [-0.1, -0.05) is 52.7 Å². The number of allylic oxidation sites excluding steroid dienone is 4. The minimum Gasteiger partial charge on any atom is -0.450 e. The van der Waals surface area contributed by atoms with Gasteiger partial charge in [0, 0.05) is 29.1 Å². The molecule has 0 aliphatic heterocycles. The van der Waals surface area contributed by atoms with Crippen LogP contribution in [0.2, 0.25) is 0 Å². The fraction of sp³-hybridized carbons (Fsp3) is 0.757. The number of aliphatic hydroxyl groups excluding tert-OH is 2. The third-order valence-electron chi connectivity index (χ3n) is 11.6. The number of hydrogen-bond donors (Lipinski definition) is 3. The second-order valence-corrected chi connectivity index (χ2v) is 16.2. The lowest BCUT2D eigenvalue weighted by atomic mass is 9.44. The normalized spacial score (nSPS) is 36.4. The van der Waals surface area contributed by atoms with Gasteiger partial charge in [-0.2, -0.15) is 0 Å². The highest BCUT2D eigenvalue weighted by Gasteiger charge is 2.78. The Morgan fingerprint density at radius 2 is 1.80 bits per heavy atom. The second kappa shape index (κ2) is 13.5. The molecule has 0 saturated heterocycles. The summed E-state index contributed by atoms with van der Waals surface area (Å²) in [5, 5.41) is 25.6. The van der Waals surface area contributed by atoms with Crippen molar-refractivity contribution in [2.45, 2.75) is 143 Å². The lowest BCUT2D eigenvalue weighted by molar-refractivity contribution is -0.236. The number of esters is 2. The molecule has 11 nitrogen and oxygen atoms in total. The van der Waals surface area contributed by atoms with Gasteiger partial charge in [-0.3, -0.25) is 14.4 Å². The topological polar surface area (TPSA) is 166 Å². The van der Waals surface area contributed by atoms with Gasteiger partial charge in [0.2, 0.25) is 5.78 Å². The number of halogens is 1. The van der Waals surface area contributed by atoms with Crippen molar-refractivity contribution in [3.8, 4) is 0 Å². The molecule has 3 fully saturated rings. The summed E-state index contributed by atoms with van der Waals surface area (Å²) in [6.07, 6.45) is 1.06. The Kier molecular flexibility index (Phi) is 10.7. The van der Waals surface area contributed by atoms with Gasteiger partial charge in [0.05, 0.1) is 6.10 Å². The molecule has 0 aromatic rings. The highest BCUT2D eigenvalue weighted by Crippen LogP contribution is 2.71. The minimum absolute atomic E-state index is 0.0197. The van der Waals surface area contributed by atoms with E-state index in [1.54, 1.807) is 55.4 Å². The average molecular weight is 692 g/mol. The molecule has 0 radical (unpaired) electrons. The molecule has 0 aromatic heterocycles. The van der Waals surface area contributed by atoms with Gasteiger partial charge in [-0.25, -0.2) is 14.0 Å². The molecule has 4 aliphatic rings. The average Bonchev–Trinajstić information content (AvgIpc) is 3.20. The summed E-state index contributed by atoms with van der Waals surface area (Å²) in [6, 6.07) is -1.30. The smallest absolute Gasteiger partial charge is 0.408 e. The summed E-state index contributed by atoms with van der Waals surface area (Å²) in [5.74, 6) is -5.82. The zero-order valence-electron chi connectivity index (χ0n) is 30.3. The monoisotopic (exact) mass is 691 g/mol. The largest absolute Gasteiger partial charge is 0.450 e. The fourth-order valence-electron chi connectivity index (χ4n) is 9.23. The predicted molar refractivity (Wildman–Crippen MR) is 176 cm³/mol. The quantitative estimate of drug-likeness (QED) is 0.160. The molecule has 3 saturated carbocycles. The molecule has 274 valence electrons. The van der Waals surface area contributed by atoms with Crippen LogP contribution in [0.5, 0.6) is 0 Å². The van der Waals surface area contributed by atoms with Crippen LogP contribution in [0.4, 0.5) is 9.18 Å². The summed E-state index contributed by atoms with van der Waals surface area (Å²) >= 11 is 0. The van der Waals surface area contributed by atoms with Crippen molar-refractivity contribution in [3.63, 3.8) is 0 Å². The van der Waals surface area contributed by atoms with Crippen molar-refractivity contribution in [1.29, 1.82) is 0 Å². The zero-order chi connectivity index (χ0) is 36.9. The number of aliphatic hydroxyl groups is 2. The van der Waals surface area contributed by atoms with E-state index in [1.165, 1.54) is 18.2 Å². The number of rotatable bonds is 10. The standard InChI is InChI=1S/C37H54FNO10/c1-10-11-12-27(42)48-37(29(43)31(45)47-30(44)28(20(2)3)39-32(46)49-33(5,6)7)21(4)17-25-24-14-13-22-18-23(40)15-16-34(22,8)36(24,38)26(41)19-35(25,37)9/h15-16,18,20-21,24-26,28,31,41,45H,10-14,17,19H2,1-9H3,(H,39,46)/t21-,24-,25-,26-,28-,31?,34-,35-,36-,37-/m0/s1. The van der Waals surface area contributed by atoms with Crippen molar-refractivity contribution < 1.29 is 52.8 Å². The SMILES string of the molecule is CCCCC(=O)O[C@]1(C(=O)C(O)OC(=O)[C@@H](NC(=O)OC(C)(C)C)C(C)C)[C@@H](C)C[C@H]2[C@@H]3CCC4=CC(=O)C=C[C@]4(C)[C@@]3(F)[C@@H](O)C[C@@]21C. The molecule has 49 heavy (non-hydrogen) atoms. The van der Waals surface area contributed by atoms with Gasteiger partial charge in [0.15, 0.2) is 17.1 Å². The molecule has 1 unspecified atom stereocenters. The fourth-order valence-corrected chi connectivity index (χ4v) is 9.23. The van der Waals surface area contributed by atoms with Crippen LogP contribution in [0.25, 0.3) is 0 Å². The molecule has 3 N–H and O–H groups in total. The maximum atomic E-state index is 17.8. The number of ether oxygens (including phenoxy) is 3. The summed E-state index contributed by atoms with van der Waals surface area (Å²) in [5.41, 5.74) is -7.20. The van der Waals surface area contributed by atoms with Gasteiger partial charge in [0.25, 0.3) is 6.29 Å². The molecular weight excluding hydrogens is 637 g/mol. The van der Waals surface area contributed by atoms with Crippen LogP contribution < -0.4 is 5.32 Å². The zero-order valence-corrected chi connectivity index (χ0v) is 30.3. The number of Topliss-reactive ketones (excluding diaryl/α,β-unsaturated/α-hetero) is 1. The number of hydrogen-bond acceptors (Lipinski definition) is 10. The van der Waals surface area contributed by atoms with E-state index >= 15 is 4.39 Å². The van der Waals surface area contributed by atoms with Gasteiger partial charge in [-0.15, -0.1) is 0 Å². The molecule has 1 amide bonds. The number of ketones is 2. The van der Waals surface area contributed by atoms with Crippen LogP contribution in [0.3, 0.4) is 0 Å². The van der Waals surface area contributed by atoms with E-state index < -0.39 is 93.6 Å². The Labute approximate surface area is 288 Å². The number of alkyl carbamates (subject to hydrolysis) is 1. The van der Waals surface area contributed by atoms with Crippen molar-refractivity contribution in [2.24, 2.45) is 34.5 Å². The van der Waals surface area contributed by atoms with Crippen LogP contribution in [0, 0.1) is 34.5 Å². The van der Waals surface area contributed by atoms with E-state index in [0.29, 0.717) is 24.8 Å². The first-order valence-electron chi connectivity index (χ1n) is 17.5. The first kappa shape index (κ1) is 38.7. The summed E-state index contributed by atoms with van der Waals surface area (Å²) < 4.78 is 34.5. The number of amides is 1. The number of carbonyl (C=O) groups is 5. The number of alkyl halides is 1. The maximum absolute atomic E-state index is 17.8. The van der Waals surface area contributed by atoms with Crippen LogP contribution in [-0.4, -0.2) is 75.1 Å². The molecule has 0 heterocycles. The van der Waals surface area contributed by atoms with Crippen LogP contribution in [0.15, 0.2) is 23.8 Å². The lowest BCUT2D eigenvalue weighted by Gasteiger charge is -2.62. The Morgan fingerprint density at radius 1 is 1.14 bits per heavy atom. The summed E-state index contributed by atoms with van der Waals surface area (Å²) in [7, 11) is 0. The van der Waals surface area contributed by atoms with Crippen LogP contribution in [0.1, 0.15) is 107 Å². The van der Waals surface area contributed by atoms with Crippen molar-refractivity contribution in [1.82, 2.24) is 5.32 Å². The third-order valence-corrected chi connectivity index (χ3v) is 11.6. The summed E-state index contributed by atoms with van der Waals surface area (Å²) in [4.78, 5) is 66.1. The van der Waals surface area contributed by atoms with Crippen LogP contribution >= 0.6 is 0 Å². The number of unbranched alkanes of at least 4 members (excludes halogenated alkanes) is 1. The third kappa shape index (κ3) is 6.48. The van der Waals surface area contributed by atoms with Crippen LogP contribution in [-0.2, 0) is 33.4 Å². The number of fused-ring (bicyclic) bond motifs is 5. The predicted octanol–water partition coefficient (Wildman–Crippen LogP) is 5.06. The van der Waals surface area contributed by atoms with E-state index in [-0.39, 0.29) is 31.5 Å². The summed E-state index contributed by atoms with van der Waals surface area (Å²) in [6.45, 7) is 15.2. The lowest BCUT2D eigenvalue weighted by Crippen LogP contribution is -2.70. The van der Waals surface area contributed by atoms with Gasteiger partial charge in [-0.05, 0) is 83.8 Å². The van der Waals surface area contributed by atoms with Gasteiger partial charge >= 0.3 is 18.0 Å². The van der Waals surface area contributed by atoms with E-state index in [2.05, 4.69) is 5.32 Å². The Bertz CT molecular complexity index is 1420. The number of carbonyl (C=O) groups excluding carboxylic acids is 5. The molecule has 0 aromatic carbocycles.